The molecule has 0 bridgehead atoms. The van der Waals surface area contributed by atoms with E-state index in [1.807, 2.05) is 6.07 Å². The molecule has 4 heteroatoms. The summed E-state index contributed by atoms with van der Waals surface area (Å²) in [6.07, 6.45) is 0. The molecule has 1 unspecified atom stereocenters. The van der Waals surface area contributed by atoms with Crippen molar-refractivity contribution < 1.29 is 0 Å². The van der Waals surface area contributed by atoms with Gasteiger partial charge in [-0.1, -0.05) is 34.1 Å². The topological polar surface area (TPSA) is 26.0 Å². The summed E-state index contributed by atoms with van der Waals surface area (Å²) in [6.45, 7) is 4.16. The number of thiophene rings is 1. The van der Waals surface area contributed by atoms with E-state index in [1.54, 1.807) is 11.3 Å². The Balaban J connectivity index is 2.43. The second-order valence-corrected chi connectivity index (χ2v) is 7.26. The standard InChI is InChI=1S/C13H13Br2NS/c1-7-4-3-5-9(11(7)14)12(16)10-6-8(2)13(15)17-10/h3-6,12H,16H2,1-2H3. The van der Waals surface area contributed by atoms with Crippen LogP contribution in [-0.2, 0) is 0 Å². The number of rotatable bonds is 2. The van der Waals surface area contributed by atoms with E-state index in [4.69, 9.17) is 5.73 Å². The lowest BCUT2D eigenvalue weighted by atomic mass is 10.0. The lowest BCUT2D eigenvalue weighted by Gasteiger charge is -2.13. The fourth-order valence-corrected chi connectivity index (χ4v) is 3.80. The molecule has 2 N–H and O–H groups in total. The van der Waals surface area contributed by atoms with Crippen LogP contribution in [0.15, 0.2) is 32.5 Å². The van der Waals surface area contributed by atoms with Crippen LogP contribution in [0.3, 0.4) is 0 Å². The van der Waals surface area contributed by atoms with Gasteiger partial charge in [0.25, 0.3) is 0 Å². The average molecular weight is 375 g/mol. The lowest BCUT2D eigenvalue weighted by Crippen LogP contribution is -2.11. The molecule has 1 nitrogen and oxygen atoms in total. The highest BCUT2D eigenvalue weighted by atomic mass is 79.9. The number of hydrogen-bond acceptors (Lipinski definition) is 2. The van der Waals surface area contributed by atoms with Gasteiger partial charge in [0.1, 0.15) is 0 Å². The maximum absolute atomic E-state index is 6.33. The van der Waals surface area contributed by atoms with Crippen molar-refractivity contribution in [1.29, 1.82) is 0 Å². The highest BCUT2D eigenvalue weighted by Gasteiger charge is 2.16. The monoisotopic (exact) mass is 373 g/mol. The number of halogens is 2. The van der Waals surface area contributed by atoms with Crippen LogP contribution in [0.4, 0.5) is 0 Å². The van der Waals surface area contributed by atoms with Gasteiger partial charge in [0.2, 0.25) is 0 Å². The highest BCUT2D eigenvalue weighted by Crippen LogP contribution is 2.36. The van der Waals surface area contributed by atoms with Gasteiger partial charge >= 0.3 is 0 Å². The van der Waals surface area contributed by atoms with Crippen LogP contribution >= 0.6 is 43.2 Å². The van der Waals surface area contributed by atoms with Crippen LogP contribution in [0, 0.1) is 13.8 Å². The summed E-state index contributed by atoms with van der Waals surface area (Å²) >= 11 is 8.86. The first-order valence-corrected chi connectivity index (χ1v) is 7.67. The minimum absolute atomic E-state index is 0.0701. The molecule has 0 aliphatic heterocycles. The quantitative estimate of drug-likeness (QED) is 0.791. The van der Waals surface area contributed by atoms with E-state index in [9.17, 15) is 0 Å². The summed E-state index contributed by atoms with van der Waals surface area (Å²) in [4.78, 5) is 1.18. The first-order chi connectivity index (χ1) is 8.00. The van der Waals surface area contributed by atoms with Crippen LogP contribution in [0.5, 0.6) is 0 Å². The summed E-state index contributed by atoms with van der Waals surface area (Å²) in [5.74, 6) is 0. The Kier molecular flexibility index (Phi) is 4.08. The van der Waals surface area contributed by atoms with Crippen LogP contribution in [0.1, 0.15) is 27.6 Å². The Hall–Kier alpha value is -0.160. The van der Waals surface area contributed by atoms with Crippen molar-refractivity contribution in [3.05, 3.63) is 54.1 Å². The molecule has 2 rings (SSSR count). The molecule has 0 amide bonds. The average Bonchev–Trinajstić information content (AvgIpc) is 2.62. The van der Waals surface area contributed by atoms with Gasteiger partial charge in [0.15, 0.2) is 0 Å². The van der Waals surface area contributed by atoms with Gasteiger partial charge in [0, 0.05) is 9.35 Å². The third-order valence-corrected chi connectivity index (χ3v) is 6.04. The Morgan fingerprint density at radius 3 is 2.47 bits per heavy atom. The molecule has 17 heavy (non-hydrogen) atoms. The summed E-state index contributed by atoms with van der Waals surface area (Å²) < 4.78 is 2.27. The molecule has 2 aromatic rings. The summed E-state index contributed by atoms with van der Waals surface area (Å²) in [7, 11) is 0. The zero-order valence-electron chi connectivity index (χ0n) is 9.63. The highest BCUT2D eigenvalue weighted by molar-refractivity contribution is 9.11. The predicted molar refractivity (Wildman–Crippen MR) is 81.7 cm³/mol. The van der Waals surface area contributed by atoms with E-state index in [0.29, 0.717) is 0 Å². The molecule has 0 radical (unpaired) electrons. The maximum Gasteiger partial charge on any atom is 0.0731 e. The molecule has 0 aliphatic rings. The molecule has 90 valence electrons. The first-order valence-electron chi connectivity index (χ1n) is 5.27. The Morgan fingerprint density at radius 1 is 1.18 bits per heavy atom. The molecule has 0 saturated carbocycles. The molecule has 0 spiro atoms. The molecule has 1 aromatic carbocycles. The fraction of sp³-hybridized carbons (Fsp3) is 0.231. The number of hydrogen-bond donors (Lipinski definition) is 1. The van der Waals surface area contributed by atoms with Gasteiger partial charge in [-0.05, 0) is 52.5 Å². The second-order valence-electron chi connectivity index (χ2n) is 4.06. The van der Waals surface area contributed by atoms with Crippen molar-refractivity contribution in [3.63, 3.8) is 0 Å². The molecular weight excluding hydrogens is 362 g/mol. The Bertz CT molecular complexity index is 529. The number of benzene rings is 1. The van der Waals surface area contributed by atoms with E-state index in [1.165, 1.54) is 16.0 Å². The van der Waals surface area contributed by atoms with E-state index in [2.05, 4.69) is 63.9 Å². The molecule has 1 aromatic heterocycles. The number of aryl methyl sites for hydroxylation is 2. The van der Waals surface area contributed by atoms with Crippen molar-refractivity contribution in [2.24, 2.45) is 5.73 Å². The third-order valence-electron chi connectivity index (χ3n) is 2.74. The largest absolute Gasteiger partial charge is 0.320 e. The Morgan fingerprint density at radius 2 is 1.88 bits per heavy atom. The van der Waals surface area contributed by atoms with Gasteiger partial charge in [-0.2, -0.15) is 0 Å². The van der Waals surface area contributed by atoms with Gasteiger partial charge < -0.3 is 5.73 Å². The van der Waals surface area contributed by atoms with Crippen molar-refractivity contribution >= 4 is 43.2 Å². The van der Waals surface area contributed by atoms with E-state index in [0.717, 1.165) is 13.8 Å². The predicted octanol–water partition coefficient (Wildman–Crippen LogP) is 4.94. The van der Waals surface area contributed by atoms with Gasteiger partial charge in [-0.3, -0.25) is 0 Å². The minimum Gasteiger partial charge on any atom is -0.320 e. The molecule has 0 fully saturated rings. The Labute approximate surface area is 122 Å². The van der Waals surface area contributed by atoms with Crippen molar-refractivity contribution in [1.82, 2.24) is 0 Å². The smallest absolute Gasteiger partial charge is 0.0731 e. The van der Waals surface area contributed by atoms with Crippen LogP contribution in [0.2, 0.25) is 0 Å². The SMILES string of the molecule is Cc1cc(C(N)c2cccc(C)c2Br)sc1Br. The van der Waals surface area contributed by atoms with E-state index in [-0.39, 0.29) is 6.04 Å². The maximum atomic E-state index is 6.33. The van der Waals surface area contributed by atoms with Crippen LogP contribution in [-0.4, -0.2) is 0 Å². The second kappa shape index (κ2) is 5.22. The minimum atomic E-state index is -0.0701. The lowest BCUT2D eigenvalue weighted by molar-refractivity contribution is 0.884. The van der Waals surface area contributed by atoms with Gasteiger partial charge in [0.05, 0.1) is 9.83 Å². The van der Waals surface area contributed by atoms with Crippen molar-refractivity contribution in [2.45, 2.75) is 19.9 Å². The van der Waals surface area contributed by atoms with Crippen molar-refractivity contribution in [3.8, 4) is 0 Å². The summed E-state index contributed by atoms with van der Waals surface area (Å²) in [5.41, 5.74) is 9.92. The first kappa shape index (κ1) is 13.3. The fourth-order valence-electron chi connectivity index (χ4n) is 1.70. The van der Waals surface area contributed by atoms with Gasteiger partial charge in [-0.25, -0.2) is 0 Å². The van der Waals surface area contributed by atoms with Crippen LogP contribution < -0.4 is 5.73 Å². The van der Waals surface area contributed by atoms with Crippen molar-refractivity contribution in [2.75, 3.05) is 0 Å². The normalized spacial score (nSPS) is 12.8. The summed E-state index contributed by atoms with van der Waals surface area (Å²) in [6, 6.07) is 8.28. The zero-order chi connectivity index (χ0) is 12.6. The number of nitrogens with two attached hydrogens (primary N) is 1. The van der Waals surface area contributed by atoms with E-state index >= 15 is 0 Å². The van der Waals surface area contributed by atoms with Gasteiger partial charge in [-0.15, -0.1) is 11.3 Å². The molecular formula is C13H13Br2NS. The molecule has 0 aliphatic carbocycles. The molecule has 1 heterocycles. The summed E-state index contributed by atoms with van der Waals surface area (Å²) in [5, 5.41) is 0. The zero-order valence-corrected chi connectivity index (χ0v) is 13.6. The van der Waals surface area contributed by atoms with E-state index < -0.39 is 0 Å². The molecule has 0 saturated heterocycles. The third kappa shape index (κ3) is 2.65. The molecule has 1 atom stereocenters. The van der Waals surface area contributed by atoms with Crippen LogP contribution in [0.25, 0.3) is 0 Å².